The van der Waals surface area contributed by atoms with Crippen LogP contribution >= 0.6 is 11.6 Å². The van der Waals surface area contributed by atoms with E-state index in [1.807, 2.05) is 37.3 Å². The smallest absolute Gasteiger partial charge is 0.326 e. The number of methoxy groups -OCH3 is 1. The van der Waals surface area contributed by atoms with E-state index >= 15 is 0 Å². The number of ether oxygens (including phenoxy) is 1. The van der Waals surface area contributed by atoms with E-state index in [1.165, 1.54) is 0 Å². The molecule has 2 aromatic heterocycles. The monoisotopic (exact) mass is 439 g/mol. The van der Waals surface area contributed by atoms with Gasteiger partial charge >= 0.3 is 6.03 Å². The molecule has 9 heteroatoms. The quantitative estimate of drug-likeness (QED) is 0.416. The fourth-order valence-corrected chi connectivity index (χ4v) is 3.91. The Balaban J connectivity index is 1.53. The van der Waals surface area contributed by atoms with E-state index < -0.39 is 0 Å². The average Bonchev–Trinajstić information content (AvgIpc) is 3.38. The average molecular weight is 440 g/mol. The van der Waals surface area contributed by atoms with Gasteiger partial charge in [0, 0.05) is 49.6 Å². The molecule has 0 spiro atoms. The Hall–Kier alpha value is -3.39. The number of aryl methyl sites for hydroxylation is 1. The van der Waals surface area contributed by atoms with Gasteiger partial charge < -0.3 is 14.4 Å². The second-order valence-electron chi connectivity index (χ2n) is 7.25. The summed E-state index contributed by atoms with van der Waals surface area (Å²) in [5, 5.41) is 4.86. The number of urea groups is 1. The van der Waals surface area contributed by atoms with Crippen molar-refractivity contribution in [1.29, 1.82) is 0 Å². The molecule has 31 heavy (non-hydrogen) atoms. The van der Waals surface area contributed by atoms with E-state index in [2.05, 4.69) is 10.1 Å². The first kappa shape index (κ1) is 20.9. The third-order valence-electron chi connectivity index (χ3n) is 5.19. The van der Waals surface area contributed by atoms with Gasteiger partial charge in [-0.15, -0.1) is 5.10 Å². The van der Waals surface area contributed by atoms with Gasteiger partial charge in [0.25, 0.3) is 0 Å². The number of nitrogens with zero attached hydrogens (tertiary/aromatic N) is 5. The van der Waals surface area contributed by atoms with Crippen molar-refractivity contribution >= 4 is 29.7 Å². The number of hydrogen-bond donors (Lipinski definition) is 0. The molecular formula is C22H22ClN5O3. The number of anilines is 1. The molecule has 1 saturated heterocycles. The maximum Gasteiger partial charge on any atom is 0.326 e. The van der Waals surface area contributed by atoms with Gasteiger partial charge in [0.1, 0.15) is 17.2 Å². The van der Waals surface area contributed by atoms with Crippen LogP contribution in [0.4, 0.5) is 10.6 Å². The van der Waals surface area contributed by atoms with Crippen LogP contribution in [0.15, 0.2) is 42.6 Å². The highest BCUT2D eigenvalue weighted by Gasteiger charge is 2.31. The Morgan fingerprint density at radius 1 is 1.19 bits per heavy atom. The van der Waals surface area contributed by atoms with E-state index in [0.29, 0.717) is 36.7 Å². The molecule has 1 fully saturated rings. The first-order chi connectivity index (χ1) is 15.0. The van der Waals surface area contributed by atoms with E-state index in [4.69, 9.17) is 16.3 Å². The van der Waals surface area contributed by atoms with Gasteiger partial charge in [-0.1, -0.05) is 23.7 Å². The number of carbonyl (C=O) groups excluding carboxylic acids is 2. The summed E-state index contributed by atoms with van der Waals surface area (Å²) >= 11 is 6.25. The summed E-state index contributed by atoms with van der Waals surface area (Å²) in [5.74, 6) is 1.33. The van der Waals surface area contributed by atoms with Gasteiger partial charge in [-0.05, 0) is 30.7 Å². The van der Waals surface area contributed by atoms with Crippen molar-refractivity contribution < 1.29 is 14.3 Å². The molecule has 1 aromatic carbocycles. The normalized spacial score (nSPS) is 13.7. The molecule has 3 aromatic rings. The highest BCUT2D eigenvalue weighted by Crippen LogP contribution is 2.26. The maximum atomic E-state index is 13.0. The lowest BCUT2D eigenvalue weighted by Crippen LogP contribution is -2.31. The molecule has 8 nitrogen and oxygen atoms in total. The lowest BCUT2D eigenvalue weighted by molar-refractivity contribution is -0.107. The molecule has 0 radical (unpaired) electrons. The fraction of sp³-hybridized carbons (Fsp3) is 0.273. The van der Waals surface area contributed by atoms with Gasteiger partial charge in [-0.3, -0.25) is 4.90 Å². The maximum absolute atomic E-state index is 13.0. The van der Waals surface area contributed by atoms with Gasteiger partial charge in [-0.25, -0.2) is 14.5 Å². The van der Waals surface area contributed by atoms with Crippen molar-refractivity contribution in [2.45, 2.75) is 19.9 Å². The van der Waals surface area contributed by atoms with Crippen LogP contribution in [0, 0.1) is 6.92 Å². The molecular weight excluding hydrogens is 418 g/mol. The zero-order valence-electron chi connectivity index (χ0n) is 17.3. The molecule has 160 valence electrons. The molecule has 0 N–H and O–H groups in total. The summed E-state index contributed by atoms with van der Waals surface area (Å²) < 4.78 is 6.81. The number of benzene rings is 1. The highest BCUT2D eigenvalue weighted by atomic mass is 35.5. The van der Waals surface area contributed by atoms with Crippen LogP contribution in [-0.4, -0.2) is 52.2 Å². The van der Waals surface area contributed by atoms with Crippen molar-refractivity contribution in [3.05, 3.63) is 64.6 Å². The number of hydrogen-bond acceptors (Lipinski definition) is 5. The minimum absolute atomic E-state index is 0.0990. The zero-order chi connectivity index (χ0) is 22.0. The summed E-state index contributed by atoms with van der Waals surface area (Å²) in [4.78, 5) is 31.7. The van der Waals surface area contributed by atoms with Crippen LogP contribution < -0.4 is 9.64 Å². The van der Waals surface area contributed by atoms with E-state index in [9.17, 15) is 9.59 Å². The van der Waals surface area contributed by atoms with Gasteiger partial charge in [-0.2, -0.15) is 0 Å². The largest absolute Gasteiger partial charge is 0.497 e. The van der Waals surface area contributed by atoms with Crippen molar-refractivity contribution in [2.24, 2.45) is 0 Å². The van der Waals surface area contributed by atoms with E-state index in [-0.39, 0.29) is 17.6 Å². The van der Waals surface area contributed by atoms with E-state index in [0.717, 1.165) is 23.3 Å². The zero-order valence-corrected chi connectivity index (χ0v) is 18.0. The third-order valence-corrected chi connectivity index (χ3v) is 5.50. The number of carbonyl (C=O) groups is 2. The lowest BCUT2D eigenvalue weighted by atomic mass is 10.1. The second-order valence-corrected chi connectivity index (χ2v) is 7.60. The van der Waals surface area contributed by atoms with Crippen molar-refractivity contribution in [2.75, 3.05) is 25.1 Å². The summed E-state index contributed by atoms with van der Waals surface area (Å²) in [5.41, 5.74) is 3.03. The predicted molar refractivity (Wildman–Crippen MR) is 117 cm³/mol. The SMILES string of the molecule is COc1ccc(CN2CCN(c3ccn(-c4cc(C)nc(Cl)c4CC=O)n3)C2=O)cc1. The Bertz CT molecular complexity index is 1110. The van der Waals surface area contributed by atoms with Crippen LogP contribution in [0.3, 0.4) is 0 Å². The molecule has 2 amide bonds. The summed E-state index contributed by atoms with van der Waals surface area (Å²) in [6.07, 6.45) is 2.68. The van der Waals surface area contributed by atoms with Crippen molar-refractivity contribution in [1.82, 2.24) is 19.7 Å². The number of rotatable bonds is 7. The molecule has 1 aliphatic heterocycles. The number of aldehydes is 1. The highest BCUT2D eigenvalue weighted by molar-refractivity contribution is 6.30. The summed E-state index contributed by atoms with van der Waals surface area (Å²) in [6, 6.07) is 11.2. The van der Waals surface area contributed by atoms with Crippen LogP contribution in [0.5, 0.6) is 5.75 Å². The van der Waals surface area contributed by atoms with Crippen molar-refractivity contribution in [3.8, 4) is 11.4 Å². The van der Waals surface area contributed by atoms with Gasteiger partial charge in [0.2, 0.25) is 0 Å². The number of amides is 2. The molecule has 0 unspecified atom stereocenters. The number of aromatic nitrogens is 3. The summed E-state index contributed by atoms with van der Waals surface area (Å²) in [6.45, 7) is 3.49. The molecule has 0 saturated carbocycles. The molecule has 4 rings (SSSR count). The Morgan fingerprint density at radius 2 is 1.97 bits per heavy atom. The van der Waals surface area contributed by atoms with Crippen LogP contribution in [0.1, 0.15) is 16.8 Å². The first-order valence-corrected chi connectivity index (χ1v) is 10.2. The Morgan fingerprint density at radius 3 is 2.68 bits per heavy atom. The Labute approximate surface area is 185 Å². The summed E-state index contributed by atoms with van der Waals surface area (Å²) in [7, 11) is 1.62. The lowest BCUT2D eigenvalue weighted by Gasteiger charge is -2.17. The standard InChI is InChI=1S/C22H22ClN5O3/c1-15-13-19(18(8-12-29)21(23)24-15)28-9-7-20(25-28)27-11-10-26(22(27)30)14-16-3-5-17(31-2)6-4-16/h3-7,9,12-13H,8,10-11,14H2,1-2H3. The van der Waals surface area contributed by atoms with Crippen LogP contribution in [-0.2, 0) is 17.8 Å². The second kappa shape index (κ2) is 8.77. The van der Waals surface area contributed by atoms with Crippen LogP contribution in [0.25, 0.3) is 5.69 Å². The molecule has 1 aliphatic rings. The Kier molecular flexibility index (Phi) is 5.90. The minimum Gasteiger partial charge on any atom is -0.497 e. The third kappa shape index (κ3) is 4.25. The molecule has 0 aliphatic carbocycles. The topological polar surface area (TPSA) is 80.6 Å². The van der Waals surface area contributed by atoms with Gasteiger partial charge in [0.05, 0.1) is 12.8 Å². The molecule has 3 heterocycles. The van der Waals surface area contributed by atoms with Crippen LogP contribution in [0.2, 0.25) is 5.15 Å². The minimum atomic E-state index is -0.0990. The predicted octanol–water partition coefficient (Wildman–Crippen LogP) is 3.42. The van der Waals surface area contributed by atoms with Gasteiger partial charge in [0.15, 0.2) is 5.82 Å². The molecule has 0 atom stereocenters. The number of pyridine rings is 1. The molecule has 0 bridgehead atoms. The first-order valence-electron chi connectivity index (χ1n) is 9.85. The van der Waals surface area contributed by atoms with Crippen molar-refractivity contribution in [3.63, 3.8) is 0 Å². The number of halogens is 1. The van der Waals surface area contributed by atoms with E-state index in [1.54, 1.807) is 33.9 Å². The fourth-order valence-electron chi connectivity index (χ4n) is 3.61.